The molecule has 0 amide bonds. The van der Waals surface area contributed by atoms with Crippen LogP contribution in [0.15, 0.2) is 0 Å². The average molecular weight is 281 g/mol. The largest absolute Gasteiger partial charge is 0.301 e. The van der Waals surface area contributed by atoms with E-state index in [4.69, 9.17) is 0 Å². The number of piperazine rings is 1. The maximum atomic E-state index is 2.74. The van der Waals surface area contributed by atoms with Crippen LogP contribution < -0.4 is 0 Å². The second-order valence-electron chi connectivity index (χ2n) is 7.37. The van der Waals surface area contributed by atoms with Gasteiger partial charge in [-0.05, 0) is 66.5 Å². The molecule has 0 radical (unpaired) electrons. The van der Waals surface area contributed by atoms with Crippen LogP contribution in [-0.2, 0) is 0 Å². The van der Waals surface area contributed by atoms with Crippen LogP contribution in [0, 0.1) is 5.92 Å². The number of hydrogen-bond donors (Lipinski definition) is 0. The molecule has 0 aliphatic carbocycles. The third kappa shape index (κ3) is 3.96. The van der Waals surface area contributed by atoms with Gasteiger partial charge in [-0.15, -0.1) is 0 Å². The van der Waals surface area contributed by atoms with Gasteiger partial charge in [-0.25, -0.2) is 0 Å². The van der Waals surface area contributed by atoms with Gasteiger partial charge in [0.05, 0.1) is 0 Å². The lowest BCUT2D eigenvalue weighted by atomic mass is 9.88. The Bertz CT molecular complexity index is 246. The van der Waals surface area contributed by atoms with Gasteiger partial charge in [-0.2, -0.15) is 0 Å². The Morgan fingerprint density at radius 1 is 0.600 bits per heavy atom. The zero-order valence-electron chi connectivity index (χ0n) is 14.3. The SMILES string of the molecule is CC(C)N1CCC([C@@H](C)N2CCN(C(C)C)CC2)CC1. The zero-order chi connectivity index (χ0) is 14.7. The summed E-state index contributed by atoms with van der Waals surface area (Å²) in [6, 6.07) is 2.21. The Balaban J connectivity index is 1.77. The molecule has 2 aliphatic rings. The molecule has 0 aromatic rings. The Labute approximate surface area is 126 Å². The minimum atomic E-state index is 0.710. The monoisotopic (exact) mass is 281 g/mol. The number of hydrogen-bond acceptors (Lipinski definition) is 3. The summed E-state index contributed by atoms with van der Waals surface area (Å²) < 4.78 is 0. The van der Waals surface area contributed by atoms with E-state index in [1.807, 2.05) is 0 Å². The Morgan fingerprint density at radius 2 is 1.00 bits per heavy atom. The molecule has 0 saturated carbocycles. The van der Waals surface area contributed by atoms with Crippen LogP contribution in [0.2, 0.25) is 0 Å². The van der Waals surface area contributed by atoms with E-state index in [9.17, 15) is 0 Å². The lowest BCUT2D eigenvalue weighted by Gasteiger charge is -2.44. The van der Waals surface area contributed by atoms with E-state index in [0.29, 0.717) is 6.04 Å². The normalized spacial score (nSPS) is 26.6. The van der Waals surface area contributed by atoms with Gasteiger partial charge in [0.2, 0.25) is 0 Å². The van der Waals surface area contributed by atoms with E-state index < -0.39 is 0 Å². The fraction of sp³-hybridized carbons (Fsp3) is 1.00. The van der Waals surface area contributed by atoms with Crippen LogP contribution >= 0.6 is 0 Å². The molecule has 0 bridgehead atoms. The minimum Gasteiger partial charge on any atom is -0.301 e. The highest BCUT2D eigenvalue weighted by Gasteiger charge is 2.30. The highest BCUT2D eigenvalue weighted by molar-refractivity contribution is 4.85. The standard InChI is InChI=1S/C17H35N3/c1-14(2)18-8-6-17(7-9-18)16(5)20-12-10-19(11-13-20)15(3)4/h14-17H,6-13H2,1-5H3/t16-/m1/s1. The maximum Gasteiger partial charge on any atom is 0.0113 e. The van der Waals surface area contributed by atoms with Crippen molar-refractivity contribution in [2.24, 2.45) is 5.92 Å². The van der Waals surface area contributed by atoms with Gasteiger partial charge < -0.3 is 4.90 Å². The van der Waals surface area contributed by atoms with Crippen LogP contribution in [0.25, 0.3) is 0 Å². The Hall–Kier alpha value is -0.120. The van der Waals surface area contributed by atoms with Crippen molar-refractivity contribution in [3.8, 4) is 0 Å². The summed E-state index contributed by atoms with van der Waals surface area (Å²) in [6.45, 7) is 19.4. The molecule has 118 valence electrons. The maximum absolute atomic E-state index is 2.74. The molecule has 2 aliphatic heterocycles. The second kappa shape index (κ2) is 7.24. The van der Waals surface area contributed by atoms with Crippen molar-refractivity contribution >= 4 is 0 Å². The summed E-state index contributed by atoms with van der Waals surface area (Å²) in [5, 5.41) is 0. The summed E-state index contributed by atoms with van der Waals surface area (Å²) >= 11 is 0. The summed E-state index contributed by atoms with van der Waals surface area (Å²) in [4.78, 5) is 8.00. The highest BCUT2D eigenvalue weighted by Crippen LogP contribution is 2.25. The van der Waals surface area contributed by atoms with Crippen molar-refractivity contribution in [2.75, 3.05) is 39.3 Å². The second-order valence-corrected chi connectivity index (χ2v) is 7.37. The summed E-state index contributed by atoms with van der Waals surface area (Å²) in [7, 11) is 0. The van der Waals surface area contributed by atoms with E-state index in [1.54, 1.807) is 0 Å². The summed E-state index contributed by atoms with van der Waals surface area (Å²) in [5.41, 5.74) is 0. The predicted molar refractivity (Wildman–Crippen MR) is 87.2 cm³/mol. The van der Waals surface area contributed by atoms with E-state index in [0.717, 1.165) is 18.0 Å². The van der Waals surface area contributed by atoms with Gasteiger partial charge in [-0.1, -0.05) is 0 Å². The molecule has 2 rings (SSSR count). The Morgan fingerprint density at radius 3 is 1.45 bits per heavy atom. The molecular weight excluding hydrogens is 246 g/mol. The van der Waals surface area contributed by atoms with Gasteiger partial charge in [0.25, 0.3) is 0 Å². The van der Waals surface area contributed by atoms with Crippen molar-refractivity contribution in [2.45, 2.75) is 65.6 Å². The van der Waals surface area contributed by atoms with Crippen molar-refractivity contribution in [1.82, 2.24) is 14.7 Å². The molecule has 0 aromatic heterocycles. The molecular formula is C17H35N3. The fourth-order valence-corrected chi connectivity index (χ4v) is 3.88. The van der Waals surface area contributed by atoms with Crippen molar-refractivity contribution < 1.29 is 0 Å². The van der Waals surface area contributed by atoms with Crippen molar-refractivity contribution in [3.63, 3.8) is 0 Å². The smallest absolute Gasteiger partial charge is 0.0113 e. The van der Waals surface area contributed by atoms with Gasteiger partial charge in [0, 0.05) is 44.3 Å². The molecule has 0 aromatic carbocycles. The molecule has 2 fully saturated rings. The quantitative estimate of drug-likeness (QED) is 0.784. The lowest BCUT2D eigenvalue weighted by Crippen LogP contribution is -2.54. The first-order valence-electron chi connectivity index (χ1n) is 8.71. The summed E-state index contributed by atoms with van der Waals surface area (Å²) in [5.74, 6) is 0.913. The van der Waals surface area contributed by atoms with E-state index in [-0.39, 0.29) is 0 Å². The van der Waals surface area contributed by atoms with Gasteiger partial charge in [0.1, 0.15) is 0 Å². The third-order valence-corrected chi connectivity index (χ3v) is 5.64. The topological polar surface area (TPSA) is 9.72 Å². The van der Waals surface area contributed by atoms with E-state index in [2.05, 4.69) is 49.3 Å². The molecule has 0 unspecified atom stereocenters. The fourth-order valence-electron chi connectivity index (χ4n) is 3.88. The molecule has 3 heteroatoms. The zero-order valence-corrected chi connectivity index (χ0v) is 14.3. The van der Waals surface area contributed by atoms with E-state index in [1.165, 1.54) is 52.1 Å². The number of likely N-dealkylation sites (tertiary alicyclic amines) is 1. The molecule has 2 heterocycles. The summed E-state index contributed by atoms with van der Waals surface area (Å²) in [6.07, 6.45) is 2.79. The van der Waals surface area contributed by atoms with E-state index >= 15 is 0 Å². The van der Waals surface area contributed by atoms with Crippen LogP contribution in [0.1, 0.15) is 47.5 Å². The van der Waals surface area contributed by atoms with Crippen LogP contribution in [-0.4, -0.2) is 72.1 Å². The lowest BCUT2D eigenvalue weighted by molar-refractivity contribution is 0.0396. The van der Waals surface area contributed by atoms with Gasteiger partial charge in [-0.3, -0.25) is 9.80 Å². The molecule has 0 N–H and O–H groups in total. The molecule has 3 nitrogen and oxygen atoms in total. The Kier molecular flexibility index (Phi) is 5.88. The number of nitrogens with zero attached hydrogens (tertiary/aromatic N) is 3. The average Bonchev–Trinajstić information content (AvgIpc) is 2.46. The van der Waals surface area contributed by atoms with Crippen LogP contribution in [0.3, 0.4) is 0 Å². The number of rotatable bonds is 4. The predicted octanol–water partition coefficient (Wildman–Crippen LogP) is 2.52. The molecule has 1 atom stereocenters. The van der Waals surface area contributed by atoms with Crippen molar-refractivity contribution in [3.05, 3.63) is 0 Å². The third-order valence-electron chi connectivity index (χ3n) is 5.64. The number of piperidine rings is 1. The molecule has 0 spiro atoms. The van der Waals surface area contributed by atoms with Crippen LogP contribution in [0.5, 0.6) is 0 Å². The van der Waals surface area contributed by atoms with Gasteiger partial charge >= 0.3 is 0 Å². The molecule has 20 heavy (non-hydrogen) atoms. The first kappa shape index (κ1) is 16.3. The minimum absolute atomic E-state index is 0.710. The van der Waals surface area contributed by atoms with Gasteiger partial charge in [0.15, 0.2) is 0 Å². The highest BCUT2D eigenvalue weighted by atomic mass is 15.3. The van der Waals surface area contributed by atoms with Crippen LogP contribution in [0.4, 0.5) is 0 Å². The first-order chi connectivity index (χ1) is 9.49. The first-order valence-corrected chi connectivity index (χ1v) is 8.71. The van der Waals surface area contributed by atoms with Crippen molar-refractivity contribution in [1.29, 1.82) is 0 Å². The molecule has 2 saturated heterocycles.